The topological polar surface area (TPSA) is 63.2 Å². The van der Waals surface area contributed by atoms with E-state index < -0.39 is 0 Å². The van der Waals surface area contributed by atoms with Gasteiger partial charge < -0.3 is 19.7 Å². The monoisotopic (exact) mass is 481 g/mol. The number of esters is 1. The zero-order chi connectivity index (χ0) is 17.9. The maximum atomic E-state index is 11.8. The van der Waals surface area contributed by atoms with Gasteiger partial charge in [-0.1, -0.05) is 0 Å². The Hall–Kier alpha value is -0.570. The van der Waals surface area contributed by atoms with Gasteiger partial charge in [0.15, 0.2) is 5.96 Å². The Morgan fingerprint density at radius 3 is 2.62 bits per heavy atom. The summed E-state index contributed by atoms with van der Waals surface area (Å²) in [6.07, 6.45) is 8.42. The van der Waals surface area contributed by atoms with E-state index in [2.05, 4.69) is 22.1 Å². The average molecular weight is 481 g/mol. The van der Waals surface area contributed by atoms with Crippen LogP contribution in [0.5, 0.6) is 0 Å². The van der Waals surface area contributed by atoms with E-state index in [4.69, 9.17) is 9.47 Å². The molecule has 2 aliphatic carbocycles. The van der Waals surface area contributed by atoms with Crippen molar-refractivity contribution >= 4 is 35.9 Å². The summed E-state index contributed by atoms with van der Waals surface area (Å²) in [5.74, 6) is 1.60. The fourth-order valence-corrected chi connectivity index (χ4v) is 2.97. The molecule has 26 heavy (non-hydrogen) atoms. The SMILES string of the molecule is CCNC(=NCCCC(=O)OC1CCCC1)N(C)CCOCC1CC1.I. The summed E-state index contributed by atoms with van der Waals surface area (Å²) in [6, 6.07) is 0. The molecule has 2 rings (SSSR count). The molecule has 0 bridgehead atoms. The molecular formula is C19H36IN3O3. The first-order valence-corrected chi connectivity index (χ1v) is 9.95. The van der Waals surface area contributed by atoms with Crippen molar-refractivity contribution in [1.29, 1.82) is 0 Å². The van der Waals surface area contributed by atoms with Crippen molar-refractivity contribution in [3.8, 4) is 0 Å². The van der Waals surface area contributed by atoms with Crippen molar-refractivity contribution in [2.75, 3.05) is 39.9 Å². The Balaban J connectivity index is 0.00000338. The average Bonchev–Trinajstić information content (AvgIpc) is 3.29. The predicted molar refractivity (Wildman–Crippen MR) is 115 cm³/mol. The summed E-state index contributed by atoms with van der Waals surface area (Å²) >= 11 is 0. The molecule has 1 N–H and O–H groups in total. The highest BCUT2D eigenvalue weighted by Crippen LogP contribution is 2.28. The lowest BCUT2D eigenvalue weighted by atomic mass is 10.3. The van der Waals surface area contributed by atoms with Crippen molar-refractivity contribution < 1.29 is 14.3 Å². The van der Waals surface area contributed by atoms with E-state index in [-0.39, 0.29) is 36.0 Å². The highest BCUT2D eigenvalue weighted by molar-refractivity contribution is 14.0. The minimum Gasteiger partial charge on any atom is -0.462 e. The first-order chi connectivity index (χ1) is 12.2. The number of guanidine groups is 1. The number of hydrogen-bond donors (Lipinski definition) is 1. The number of rotatable bonds is 11. The van der Waals surface area contributed by atoms with E-state index in [0.717, 1.165) is 57.4 Å². The minimum absolute atomic E-state index is 0. The molecule has 0 radical (unpaired) electrons. The third-order valence-corrected chi connectivity index (χ3v) is 4.72. The number of hydrogen-bond acceptors (Lipinski definition) is 4. The Bertz CT molecular complexity index is 424. The molecule has 7 heteroatoms. The molecule has 0 heterocycles. The van der Waals surface area contributed by atoms with Crippen LogP contribution in [0.15, 0.2) is 4.99 Å². The van der Waals surface area contributed by atoms with Gasteiger partial charge in [-0.15, -0.1) is 24.0 Å². The van der Waals surface area contributed by atoms with Crippen LogP contribution in [0.2, 0.25) is 0 Å². The Labute approximate surface area is 175 Å². The maximum Gasteiger partial charge on any atom is 0.306 e. The molecule has 0 unspecified atom stereocenters. The number of halogens is 1. The molecule has 0 amide bonds. The molecule has 2 saturated carbocycles. The summed E-state index contributed by atoms with van der Waals surface area (Å²) in [4.78, 5) is 18.5. The van der Waals surface area contributed by atoms with Gasteiger partial charge >= 0.3 is 5.97 Å². The molecule has 0 aliphatic heterocycles. The van der Waals surface area contributed by atoms with Crippen LogP contribution < -0.4 is 5.32 Å². The summed E-state index contributed by atoms with van der Waals surface area (Å²) in [5.41, 5.74) is 0. The highest BCUT2D eigenvalue weighted by Gasteiger charge is 2.21. The van der Waals surface area contributed by atoms with Gasteiger partial charge in [-0.05, 0) is 57.8 Å². The number of aliphatic imine (C=N–C) groups is 1. The van der Waals surface area contributed by atoms with E-state index in [0.29, 0.717) is 13.0 Å². The lowest BCUT2D eigenvalue weighted by Crippen LogP contribution is -2.40. The van der Waals surface area contributed by atoms with Crippen LogP contribution in [0.1, 0.15) is 58.3 Å². The van der Waals surface area contributed by atoms with Crippen molar-refractivity contribution in [1.82, 2.24) is 10.2 Å². The van der Waals surface area contributed by atoms with Crippen LogP contribution in [0, 0.1) is 5.92 Å². The summed E-state index contributed by atoms with van der Waals surface area (Å²) in [7, 11) is 2.02. The molecule has 2 aliphatic rings. The standard InChI is InChI=1S/C19H35N3O3.HI/c1-3-20-19(22(2)13-14-24-15-16-10-11-16)21-12-6-9-18(23)25-17-7-4-5-8-17;/h16-17H,3-15H2,1-2H3,(H,20,21);1H. The fraction of sp³-hybridized carbons (Fsp3) is 0.895. The Morgan fingerprint density at radius 1 is 1.23 bits per heavy atom. The molecule has 0 aromatic heterocycles. The second-order valence-corrected chi connectivity index (χ2v) is 7.18. The van der Waals surface area contributed by atoms with Crippen LogP contribution in [0.4, 0.5) is 0 Å². The summed E-state index contributed by atoms with van der Waals surface area (Å²) in [5, 5.41) is 3.30. The second kappa shape index (κ2) is 13.6. The van der Waals surface area contributed by atoms with Gasteiger partial charge in [-0.2, -0.15) is 0 Å². The lowest BCUT2D eigenvalue weighted by molar-refractivity contribution is -0.148. The van der Waals surface area contributed by atoms with E-state index in [1.54, 1.807) is 0 Å². The largest absolute Gasteiger partial charge is 0.462 e. The number of nitrogens with one attached hydrogen (secondary N) is 1. The van der Waals surface area contributed by atoms with Gasteiger partial charge in [0, 0.05) is 39.7 Å². The number of ether oxygens (including phenoxy) is 2. The number of nitrogens with zero attached hydrogens (tertiary/aromatic N) is 2. The summed E-state index contributed by atoms with van der Waals surface area (Å²) in [6.45, 7) is 5.97. The van der Waals surface area contributed by atoms with Crippen LogP contribution in [0.25, 0.3) is 0 Å². The third-order valence-electron chi connectivity index (χ3n) is 4.72. The lowest BCUT2D eigenvalue weighted by Gasteiger charge is -2.22. The zero-order valence-corrected chi connectivity index (χ0v) is 18.7. The molecule has 0 saturated heterocycles. The molecule has 0 atom stereocenters. The number of likely N-dealkylation sites (N-methyl/N-ethyl adjacent to an activating group) is 1. The molecule has 0 aromatic carbocycles. The normalized spacial score (nSPS) is 17.7. The molecule has 152 valence electrons. The Kier molecular flexibility index (Phi) is 12.3. The van der Waals surface area contributed by atoms with Crippen molar-refractivity contribution in [3.63, 3.8) is 0 Å². The van der Waals surface area contributed by atoms with Crippen molar-refractivity contribution in [2.24, 2.45) is 10.9 Å². The first-order valence-electron chi connectivity index (χ1n) is 9.95. The van der Waals surface area contributed by atoms with Gasteiger partial charge in [0.05, 0.1) is 6.61 Å². The van der Waals surface area contributed by atoms with Crippen molar-refractivity contribution in [2.45, 2.75) is 64.4 Å². The van der Waals surface area contributed by atoms with Gasteiger partial charge in [-0.25, -0.2) is 0 Å². The minimum atomic E-state index is -0.0751. The first kappa shape index (κ1) is 23.5. The quantitative estimate of drug-likeness (QED) is 0.162. The molecule has 0 aromatic rings. The zero-order valence-electron chi connectivity index (χ0n) is 16.4. The van der Waals surface area contributed by atoms with Crippen LogP contribution in [-0.2, 0) is 14.3 Å². The molecule has 0 spiro atoms. The van der Waals surface area contributed by atoms with Gasteiger partial charge in [0.1, 0.15) is 6.10 Å². The molecular weight excluding hydrogens is 445 g/mol. The number of carbonyl (C=O) groups excluding carboxylic acids is 1. The molecule has 2 fully saturated rings. The van der Waals surface area contributed by atoms with E-state index in [1.165, 1.54) is 25.7 Å². The molecule has 6 nitrogen and oxygen atoms in total. The smallest absolute Gasteiger partial charge is 0.306 e. The predicted octanol–water partition coefficient (Wildman–Crippen LogP) is 3.19. The van der Waals surface area contributed by atoms with E-state index >= 15 is 0 Å². The maximum absolute atomic E-state index is 11.8. The second-order valence-electron chi connectivity index (χ2n) is 7.18. The highest BCUT2D eigenvalue weighted by atomic mass is 127. The van der Waals surface area contributed by atoms with Gasteiger partial charge in [-0.3, -0.25) is 9.79 Å². The van der Waals surface area contributed by atoms with Crippen molar-refractivity contribution in [3.05, 3.63) is 0 Å². The Morgan fingerprint density at radius 2 is 1.96 bits per heavy atom. The summed E-state index contributed by atoms with van der Waals surface area (Å²) < 4.78 is 11.2. The fourth-order valence-electron chi connectivity index (χ4n) is 2.97. The van der Waals surface area contributed by atoms with Gasteiger partial charge in [0.25, 0.3) is 0 Å². The third kappa shape index (κ3) is 9.94. The number of carbonyl (C=O) groups is 1. The van der Waals surface area contributed by atoms with E-state index in [9.17, 15) is 4.79 Å². The van der Waals surface area contributed by atoms with Crippen LogP contribution >= 0.6 is 24.0 Å². The van der Waals surface area contributed by atoms with Gasteiger partial charge in [0.2, 0.25) is 0 Å². The van der Waals surface area contributed by atoms with E-state index in [1.807, 2.05) is 7.05 Å². The van der Waals surface area contributed by atoms with Crippen LogP contribution in [0.3, 0.4) is 0 Å². The van der Waals surface area contributed by atoms with Crippen LogP contribution in [-0.4, -0.2) is 62.8 Å².